The molecule has 2 aliphatic heterocycles. The lowest BCUT2D eigenvalue weighted by molar-refractivity contribution is -0.131. The molecule has 1 aromatic rings. The first kappa shape index (κ1) is 16.9. The number of likely N-dealkylation sites (tertiary alicyclic amines) is 1. The van der Waals surface area contributed by atoms with Crippen molar-refractivity contribution in [2.24, 2.45) is 11.8 Å². The smallest absolute Gasteiger partial charge is 0.226 e. The first-order valence-electron chi connectivity index (χ1n) is 9.42. The number of amides is 1. The molecular formula is C20H28N2O3. The van der Waals surface area contributed by atoms with E-state index in [1.54, 1.807) is 7.11 Å². The third-order valence-electron chi connectivity index (χ3n) is 6.03. The molecule has 1 amide bonds. The Morgan fingerprint density at radius 1 is 1.24 bits per heavy atom. The molecule has 0 unspecified atom stereocenters. The van der Waals surface area contributed by atoms with E-state index >= 15 is 0 Å². The molecule has 0 bridgehead atoms. The second-order valence-corrected chi connectivity index (χ2v) is 7.66. The van der Waals surface area contributed by atoms with Gasteiger partial charge < -0.3 is 14.4 Å². The van der Waals surface area contributed by atoms with Crippen molar-refractivity contribution in [2.75, 3.05) is 46.5 Å². The molecule has 1 saturated carbocycles. The normalized spacial score (nSPS) is 32.6. The van der Waals surface area contributed by atoms with E-state index in [2.05, 4.69) is 28.9 Å². The van der Waals surface area contributed by atoms with E-state index in [0.717, 1.165) is 51.6 Å². The average molecular weight is 344 g/mol. The number of carbonyl (C=O) groups is 1. The van der Waals surface area contributed by atoms with Crippen molar-refractivity contribution in [3.05, 3.63) is 29.8 Å². The molecular weight excluding hydrogens is 316 g/mol. The Morgan fingerprint density at radius 2 is 2.04 bits per heavy atom. The number of hydrogen-bond donors (Lipinski definition) is 0. The maximum atomic E-state index is 13.0. The fourth-order valence-corrected chi connectivity index (χ4v) is 4.46. The standard InChI is InChI=1S/C20H28N2O3/c1-14-12-22(13-19(14)21-6-8-25-9-7-21)20(23)18-11-17(18)15-4-3-5-16(10-15)24-2/h3-5,10,14,17-19H,6-9,11-13H2,1-2H3/t14-,17-,18-,19+/m0/s1. The van der Waals surface area contributed by atoms with Gasteiger partial charge in [0.05, 0.1) is 20.3 Å². The zero-order valence-electron chi connectivity index (χ0n) is 15.2. The summed E-state index contributed by atoms with van der Waals surface area (Å²) in [6.07, 6.45) is 0.971. The number of rotatable bonds is 4. The highest BCUT2D eigenvalue weighted by molar-refractivity contribution is 5.83. The lowest BCUT2D eigenvalue weighted by Crippen LogP contribution is -2.47. The topological polar surface area (TPSA) is 42.0 Å². The number of benzene rings is 1. The van der Waals surface area contributed by atoms with E-state index in [-0.39, 0.29) is 5.92 Å². The maximum Gasteiger partial charge on any atom is 0.226 e. The molecule has 0 radical (unpaired) electrons. The number of hydrogen-bond acceptors (Lipinski definition) is 4. The van der Waals surface area contributed by atoms with Gasteiger partial charge in [-0.05, 0) is 36.0 Å². The minimum atomic E-state index is 0.155. The van der Waals surface area contributed by atoms with Crippen molar-refractivity contribution in [2.45, 2.75) is 25.3 Å². The van der Waals surface area contributed by atoms with Crippen LogP contribution in [0.15, 0.2) is 24.3 Å². The van der Waals surface area contributed by atoms with Gasteiger partial charge in [0.25, 0.3) is 0 Å². The molecule has 3 aliphatic rings. The molecule has 5 nitrogen and oxygen atoms in total. The highest BCUT2D eigenvalue weighted by atomic mass is 16.5. The van der Waals surface area contributed by atoms with Gasteiger partial charge in [-0.1, -0.05) is 19.1 Å². The van der Waals surface area contributed by atoms with Gasteiger partial charge >= 0.3 is 0 Å². The quantitative estimate of drug-likeness (QED) is 0.838. The fraction of sp³-hybridized carbons (Fsp3) is 0.650. The molecule has 136 valence electrons. The van der Waals surface area contributed by atoms with Crippen molar-refractivity contribution in [3.8, 4) is 5.75 Å². The summed E-state index contributed by atoms with van der Waals surface area (Å²) in [6, 6.07) is 8.64. The summed E-state index contributed by atoms with van der Waals surface area (Å²) in [7, 11) is 1.69. The fourth-order valence-electron chi connectivity index (χ4n) is 4.46. The van der Waals surface area contributed by atoms with Crippen LogP contribution < -0.4 is 4.74 Å². The molecule has 0 aromatic heterocycles. The van der Waals surface area contributed by atoms with Crippen LogP contribution in [0.1, 0.15) is 24.8 Å². The van der Waals surface area contributed by atoms with Crippen LogP contribution >= 0.6 is 0 Å². The summed E-state index contributed by atoms with van der Waals surface area (Å²) in [4.78, 5) is 17.6. The van der Waals surface area contributed by atoms with Crippen molar-refractivity contribution in [1.82, 2.24) is 9.80 Å². The predicted octanol–water partition coefficient (Wildman–Crippen LogP) is 1.98. The third kappa shape index (κ3) is 3.40. The van der Waals surface area contributed by atoms with Crippen molar-refractivity contribution in [3.63, 3.8) is 0 Å². The van der Waals surface area contributed by atoms with Crippen LogP contribution in [0.2, 0.25) is 0 Å². The molecule has 0 N–H and O–H groups in total. The van der Waals surface area contributed by atoms with E-state index in [0.29, 0.717) is 23.8 Å². The number of methoxy groups -OCH3 is 1. The molecule has 3 fully saturated rings. The van der Waals surface area contributed by atoms with E-state index in [1.165, 1.54) is 5.56 Å². The summed E-state index contributed by atoms with van der Waals surface area (Å²) < 4.78 is 10.8. The molecule has 5 heteroatoms. The molecule has 1 aromatic carbocycles. The first-order chi connectivity index (χ1) is 12.2. The Labute approximate surface area is 149 Å². The van der Waals surface area contributed by atoms with Gasteiger partial charge in [0.1, 0.15) is 5.75 Å². The van der Waals surface area contributed by atoms with Crippen molar-refractivity contribution in [1.29, 1.82) is 0 Å². The van der Waals surface area contributed by atoms with Crippen LogP contribution in [0.3, 0.4) is 0 Å². The molecule has 2 saturated heterocycles. The zero-order chi connectivity index (χ0) is 17.4. The van der Waals surface area contributed by atoms with Crippen LogP contribution in [-0.4, -0.2) is 68.3 Å². The maximum absolute atomic E-state index is 13.0. The number of nitrogens with zero attached hydrogens (tertiary/aromatic N) is 2. The van der Waals surface area contributed by atoms with Gasteiger partial charge in [-0.3, -0.25) is 9.69 Å². The van der Waals surface area contributed by atoms with Gasteiger partial charge in [0.15, 0.2) is 0 Å². The summed E-state index contributed by atoms with van der Waals surface area (Å²) in [5.74, 6) is 2.27. The van der Waals surface area contributed by atoms with Crippen LogP contribution in [-0.2, 0) is 9.53 Å². The Morgan fingerprint density at radius 3 is 2.80 bits per heavy atom. The third-order valence-corrected chi connectivity index (χ3v) is 6.03. The lowest BCUT2D eigenvalue weighted by atomic mass is 10.0. The summed E-state index contributed by atoms with van der Waals surface area (Å²) in [5.41, 5.74) is 1.23. The van der Waals surface area contributed by atoms with Crippen LogP contribution in [0.4, 0.5) is 0 Å². The van der Waals surface area contributed by atoms with Gasteiger partial charge in [0.2, 0.25) is 5.91 Å². The average Bonchev–Trinajstić information content (AvgIpc) is 3.37. The van der Waals surface area contributed by atoms with Gasteiger partial charge in [0, 0.05) is 38.1 Å². The summed E-state index contributed by atoms with van der Waals surface area (Å²) in [5, 5.41) is 0. The van der Waals surface area contributed by atoms with Crippen molar-refractivity contribution >= 4 is 5.91 Å². The second kappa shape index (κ2) is 6.96. The van der Waals surface area contributed by atoms with E-state index < -0.39 is 0 Å². The van der Waals surface area contributed by atoms with Gasteiger partial charge in [-0.2, -0.15) is 0 Å². The molecule has 4 atom stereocenters. The second-order valence-electron chi connectivity index (χ2n) is 7.66. The van der Waals surface area contributed by atoms with Gasteiger partial charge in [-0.15, -0.1) is 0 Å². The molecule has 1 aliphatic carbocycles. The lowest BCUT2D eigenvalue weighted by Gasteiger charge is -2.34. The van der Waals surface area contributed by atoms with E-state index in [4.69, 9.17) is 9.47 Å². The highest BCUT2D eigenvalue weighted by Crippen LogP contribution is 2.49. The molecule has 25 heavy (non-hydrogen) atoms. The summed E-state index contributed by atoms with van der Waals surface area (Å²) >= 11 is 0. The number of ether oxygens (including phenoxy) is 2. The molecule has 2 heterocycles. The van der Waals surface area contributed by atoms with Crippen LogP contribution in [0.25, 0.3) is 0 Å². The summed E-state index contributed by atoms with van der Waals surface area (Å²) in [6.45, 7) is 7.67. The van der Waals surface area contributed by atoms with E-state index in [1.807, 2.05) is 12.1 Å². The van der Waals surface area contributed by atoms with Crippen molar-refractivity contribution < 1.29 is 14.3 Å². The largest absolute Gasteiger partial charge is 0.497 e. The first-order valence-corrected chi connectivity index (χ1v) is 9.42. The Balaban J connectivity index is 1.37. The Bertz CT molecular complexity index is 629. The molecule has 0 spiro atoms. The minimum Gasteiger partial charge on any atom is -0.497 e. The van der Waals surface area contributed by atoms with Crippen LogP contribution in [0, 0.1) is 11.8 Å². The Hall–Kier alpha value is -1.59. The predicted molar refractivity (Wildman–Crippen MR) is 95.8 cm³/mol. The Kier molecular flexibility index (Phi) is 4.69. The van der Waals surface area contributed by atoms with Gasteiger partial charge in [-0.25, -0.2) is 0 Å². The number of carbonyl (C=O) groups excluding carboxylic acids is 1. The molecule has 4 rings (SSSR count). The minimum absolute atomic E-state index is 0.155. The van der Waals surface area contributed by atoms with E-state index in [9.17, 15) is 4.79 Å². The highest BCUT2D eigenvalue weighted by Gasteiger charge is 2.48. The zero-order valence-corrected chi connectivity index (χ0v) is 15.2. The monoisotopic (exact) mass is 344 g/mol. The SMILES string of the molecule is COc1cccc([C@@H]2C[C@@H]2C(=O)N2C[C@@H](N3CCOCC3)[C@@H](C)C2)c1. The van der Waals surface area contributed by atoms with Crippen LogP contribution in [0.5, 0.6) is 5.75 Å². The number of morpholine rings is 1.